The summed E-state index contributed by atoms with van der Waals surface area (Å²) < 4.78 is 20.0. The van der Waals surface area contributed by atoms with Crippen LogP contribution < -0.4 is 4.74 Å². The third-order valence-corrected chi connectivity index (χ3v) is 3.66. The Morgan fingerprint density at radius 3 is 2.75 bits per heavy atom. The van der Waals surface area contributed by atoms with Gasteiger partial charge in [-0.2, -0.15) is 0 Å². The normalized spacial score (nSPS) is 10.3. The number of aldehydes is 1. The van der Waals surface area contributed by atoms with E-state index in [9.17, 15) is 9.18 Å². The molecule has 0 atom stereocenters. The first kappa shape index (κ1) is 14.7. The summed E-state index contributed by atoms with van der Waals surface area (Å²) in [6.07, 6.45) is 1.74. The van der Waals surface area contributed by atoms with E-state index in [1.165, 1.54) is 6.07 Å². The molecule has 4 heteroatoms. The number of hydrogen-bond acceptors (Lipinski definition) is 2. The van der Waals surface area contributed by atoms with Gasteiger partial charge in [0.25, 0.3) is 0 Å². The van der Waals surface area contributed by atoms with Crippen molar-refractivity contribution in [2.75, 3.05) is 7.11 Å². The zero-order valence-corrected chi connectivity index (χ0v) is 12.6. The van der Waals surface area contributed by atoms with Gasteiger partial charge in [0.05, 0.1) is 7.11 Å². The van der Waals surface area contributed by atoms with E-state index in [4.69, 9.17) is 4.74 Å². The number of carbonyl (C=O) groups is 1. The van der Waals surface area contributed by atoms with Crippen LogP contribution in [0.5, 0.6) is 5.75 Å². The van der Waals surface area contributed by atoms with Gasteiger partial charge < -0.3 is 4.74 Å². The Morgan fingerprint density at radius 2 is 2.05 bits per heavy atom. The molecule has 0 heterocycles. The second kappa shape index (κ2) is 6.66. The van der Waals surface area contributed by atoms with Crippen molar-refractivity contribution < 1.29 is 13.9 Å². The first-order valence-electron chi connectivity index (χ1n) is 6.20. The molecule has 0 bridgehead atoms. The van der Waals surface area contributed by atoms with Crippen molar-refractivity contribution in [3.05, 3.63) is 63.4 Å². The van der Waals surface area contributed by atoms with Crippen LogP contribution in [0.25, 0.3) is 0 Å². The molecule has 2 aromatic carbocycles. The molecule has 0 aliphatic heterocycles. The molecule has 2 nitrogen and oxygen atoms in total. The summed E-state index contributed by atoms with van der Waals surface area (Å²) >= 11 is 3.41. The molecular formula is C16H14BrFO2. The van der Waals surface area contributed by atoms with Gasteiger partial charge in [-0.05, 0) is 48.2 Å². The van der Waals surface area contributed by atoms with Gasteiger partial charge in [-0.3, -0.25) is 4.79 Å². The molecular weight excluding hydrogens is 323 g/mol. The molecule has 104 valence electrons. The standard InChI is InChI=1S/C16H14BrFO2/c1-20-16-8-6-13(17)9-11(16)5-7-14-12(10-19)3-2-4-15(14)18/h2-4,6,8-10H,5,7H2,1H3. The molecule has 0 fully saturated rings. The number of halogens is 2. The van der Waals surface area contributed by atoms with E-state index in [0.29, 0.717) is 30.3 Å². The topological polar surface area (TPSA) is 26.3 Å². The van der Waals surface area contributed by atoms with Crippen LogP contribution in [0.3, 0.4) is 0 Å². The van der Waals surface area contributed by atoms with E-state index in [-0.39, 0.29) is 5.82 Å². The third-order valence-electron chi connectivity index (χ3n) is 3.17. The van der Waals surface area contributed by atoms with Crippen LogP contribution >= 0.6 is 15.9 Å². The number of aryl methyl sites for hydroxylation is 1. The fourth-order valence-corrected chi connectivity index (χ4v) is 2.56. The molecule has 0 aliphatic carbocycles. The predicted octanol–water partition coefficient (Wildman–Crippen LogP) is 4.19. The Bertz CT molecular complexity index is 626. The lowest BCUT2D eigenvalue weighted by molar-refractivity contribution is 0.112. The maximum Gasteiger partial charge on any atom is 0.150 e. The first-order valence-corrected chi connectivity index (χ1v) is 7.00. The van der Waals surface area contributed by atoms with E-state index >= 15 is 0 Å². The van der Waals surface area contributed by atoms with Gasteiger partial charge in [-0.15, -0.1) is 0 Å². The number of carbonyl (C=O) groups excluding carboxylic acids is 1. The molecule has 0 aromatic heterocycles. The fourth-order valence-electron chi connectivity index (χ4n) is 2.15. The summed E-state index contributed by atoms with van der Waals surface area (Å²) in [6, 6.07) is 10.2. The molecule has 0 unspecified atom stereocenters. The Morgan fingerprint density at radius 1 is 1.25 bits per heavy atom. The zero-order chi connectivity index (χ0) is 14.5. The van der Waals surface area contributed by atoms with Crippen molar-refractivity contribution in [3.8, 4) is 5.75 Å². The highest BCUT2D eigenvalue weighted by molar-refractivity contribution is 9.10. The average molecular weight is 337 g/mol. The maximum absolute atomic E-state index is 13.8. The number of hydrogen-bond donors (Lipinski definition) is 0. The number of ether oxygens (including phenoxy) is 1. The Balaban J connectivity index is 2.25. The highest BCUT2D eigenvalue weighted by atomic mass is 79.9. The van der Waals surface area contributed by atoms with Crippen molar-refractivity contribution in [2.45, 2.75) is 12.8 Å². The van der Waals surface area contributed by atoms with Crippen LogP contribution in [0.15, 0.2) is 40.9 Å². The van der Waals surface area contributed by atoms with Crippen molar-refractivity contribution in [2.24, 2.45) is 0 Å². The van der Waals surface area contributed by atoms with Crippen LogP contribution in [0.1, 0.15) is 21.5 Å². The van der Waals surface area contributed by atoms with Crippen molar-refractivity contribution in [3.63, 3.8) is 0 Å². The maximum atomic E-state index is 13.8. The zero-order valence-electron chi connectivity index (χ0n) is 11.0. The van der Waals surface area contributed by atoms with Gasteiger partial charge >= 0.3 is 0 Å². The largest absolute Gasteiger partial charge is 0.496 e. The summed E-state index contributed by atoms with van der Waals surface area (Å²) in [7, 11) is 1.60. The van der Waals surface area contributed by atoms with Gasteiger partial charge in [-0.25, -0.2) is 4.39 Å². The number of methoxy groups -OCH3 is 1. The van der Waals surface area contributed by atoms with Crippen molar-refractivity contribution in [1.29, 1.82) is 0 Å². The van der Waals surface area contributed by atoms with Crippen molar-refractivity contribution in [1.82, 2.24) is 0 Å². The van der Waals surface area contributed by atoms with E-state index < -0.39 is 0 Å². The molecule has 0 saturated heterocycles. The number of rotatable bonds is 5. The lowest BCUT2D eigenvalue weighted by Crippen LogP contribution is -2.01. The molecule has 0 radical (unpaired) electrons. The quantitative estimate of drug-likeness (QED) is 0.765. The van der Waals surface area contributed by atoms with Crippen molar-refractivity contribution >= 4 is 22.2 Å². The molecule has 0 aliphatic rings. The molecule has 0 saturated carbocycles. The Labute approximate surface area is 125 Å². The summed E-state index contributed by atoms with van der Waals surface area (Å²) in [5, 5.41) is 0. The monoisotopic (exact) mass is 336 g/mol. The second-order valence-electron chi connectivity index (χ2n) is 4.38. The summed E-state index contributed by atoms with van der Waals surface area (Å²) in [5.41, 5.74) is 1.82. The van der Waals surface area contributed by atoms with Gasteiger partial charge in [0.15, 0.2) is 0 Å². The molecule has 20 heavy (non-hydrogen) atoms. The Kier molecular flexibility index (Phi) is 4.90. The second-order valence-corrected chi connectivity index (χ2v) is 5.30. The smallest absolute Gasteiger partial charge is 0.150 e. The van der Waals surface area contributed by atoms with Gasteiger partial charge in [0, 0.05) is 10.0 Å². The van der Waals surface area contributed by atoms with E-state index in [0.717, 1.165) is 15.8 Å². The average Bonchev–Trinajstić information content (AvgIpc) is 2.46. The van der Waals surface area contributed by atoms with Crippen LogP contribution in [-0.4, -0.2) is 13.4 Å². The molecule has 2 aromatic rings. The molecule has 0 amide bonds. The summed E-state index contributed by atoms with van der Waals surface area (Å²) in [6.45, 7) is 0. The lowest BCUT2D eigenvalue weighted by Gasteiger charge is -2.10. The first-order chi connectivity index (χ1) is 9.65. The van der Waals surface area contributed by atoms with Gasteiger partial charge in [-0.1, -0.05) is 28.1 Å². The van der Waals surface area contributed by atoms with Crippen LogP contribution in [-0.2, 0) is 12.8 Å². The SMILES string of the molecule is COc1ccc(Br)cc1CCc1c(F)cccc1C=O. The molecule has 0 spiro atoms. The van der Waals surface area contributed by atoms with E-state index in [2.05, 4.69) is 15.9 Å². The minimum absolute atomic E-state index is 0.344. The van der Waals surface area contributed by atoms with E-state index in [1.807, 2.05) is 18.2 Å². The molecule has 0 N–H and O–H groups in total. The van der Waals surface area contributed by atoms with Gasteiger partial charge in [0.2, 0.25) is 0 Å². The summed E-state index contributed by atoms with van der Waals surface area (Å²) in [5.74, 6) is 0.417. The predicted molar refractivity (Wildman–Crippen MR) is 79.9 cm³/mol. The van der Waals surface area contributed by atoms with Crippen LogP contribution in [0.4, 0.5) is 4.39 Å². The fraction of sp³-hybridized carbons (Fsp3) is 0.188. The summed E-state index contributed by atoms with van der Waals surface area (Å²) in [4.78, 5) is 11.0. The minimum atomic E-state index is -0.344. The minimum Gasteiger partial charge on any atom is -0.496 e. The number of benzene rings is 2. The van der Waals surface area contributed by atoms with Crippen LogP contribution in [0.2, 0.25) is 0 Å². The Hall–Kier alpha value is -1.68. The molecule has 2 rings (SSSR count). The van der Waals surface area contributed by atoms with Gasteiger partial charge in [0.1, 0.15) is 17.9 Å². The highest BCUT2D eigenvalue weighted by Crippen LogP contribution is 2.25. The van der Waals surface area contributed by atoms with E-state index in [1.54, 1.807) is 19.2 Å². The lowest BCUT2D eigenvalue weighted by atomic mass is 9.99. The third kappa shape index (κ3) is 3.25. The highest BCUT2D eigenvalue weighted by Gasteiger charge is 2.10. The van der Waals surface area contributed by atoms with Crippen LogP contribution in [0, 0.1) is 5.82 Å².